The Morgan fingerprint density at radius 1 is 1.16 bits per heavy atom. The summed E-state index contributed by atoms with van der Waals surface area (Å²) in [6.07, 6.45) is 0. The second-order valence-corrected chi connectivity index (χ2v) is 7.11. The number of nitrogens with one attached hydrogen (secondary N) is 1. The number of ether oxygens (including phenoxy) is 2. The van der Waals surface area contributed by atoms with E-state index in [-0.39, 0.29) is 0 Å². The van der Waals surface area contributed by atoms with Crippen LogP contribution in [0.25, 0.3) is 0 Å². The zero-order chi connectivity index (χ0) is 17.5. The second kappa shape index (κ2) is 9.34. The van der Waals surface area contributed by atoms with Gasteiger partial charge in [-0.05, 0) is 35.4 Å². The number of nitrogens with zero attached hydrogens (tertiary/aromatic N) is 1. The van der Waals surface area contributed by atoms with Crippen LogP contribution >= 0.6 is 15.9 Å². The molecule has 0 radical (unpaired) electrons. The van der Waals surface area contributed by atoms with E-state index < -0.39 is 0 Å². The molecule has 25 heavy (non-hydrogen) atoms. The van der Waals surface area contributed by atoms with E-state index in [1.807, 2.05) is 12.1 Å². The molecule has 1 aliphatic heterocycles. The average molecular weight is 405 g/mol. The third-order valence-corrected chi connectivity index (χ3v) is 5.04. The van der Waals surface area contributed by atoms with Gasteiger partial charge in [0.25, 0.3) is 0 Å². The third-order valence-electron chi connectivity index (χ3n) is 4.54. The van der Waals surface area contributed by atoms with Crippen LogP contribution in [-0.2, 0) is 11.3 Å². The van der Waals surface area contributed by atoms with E-state index >= 15 is 0 Å². The van der Waals surface area contributed by atoms with Crippen LogP contribution in [0.15, 0.2) is 53.0 Å². The van der Waals surface area contributed by atoms with Crippen molar-refractivity contribution in [2.24, 2.45) is 0 Å². The molecule has 0 aromatic heterocycles. The van der Waals surface area contributed by atoms with Gasteiger partial charge < -0.3 is 14.8 Å². The first-order chi connectivity index (χ1) is 12.3. The number of benzene rings is 2. The largest absolute Gasteiger partial charge is 0.497 e. The van der Waals surface area contributed by atoms with E-state index in [1.54, 1.807) is 7.11 Å². The zero-order valence-electron chi connectivity index (χ0n) is 14.6. The molecule has 1 N–H and O–H groups in total. The van der Waals surface area contributed by atoms with Crippen LogP contribution in [-0.4, -0.2) is 44.9 Å². The molecule has 0 amide bonds. The van der Waals surface area contributed by atoms with Crippen molar-refractivity contribution in [1.82, 2.24) is 10.2 Å². The lowest BCUT2D eigenvalue weighted by molar-refractivity contribution is 0.0161. The topological polar surface area (TPSA) is 33.7 Å². The number of methoxy groups -OCH3 is 1. The fraction of sp³-hybridized carbons (Fsp3) is 0.400. The molecule has 2 aromatic carbocycles. The summed E-state index contributed by atoms with van der Waals surface area (Å²) in [6, 6.07) is 17.2. The first-order valence-corrected chi connectivity index (χ1v) is 9.46. The minimum atomic E-state index is 0.335. The maximum absolute atomic E-state index is 5.52. The van der Waals surface area contributed by atoms with E-state index in [0.717, 1.165) is 49.6 Å². The zero-order valence-corrected chi connectivity index (χ0v) is 16.2. The Hall–Kier alpha value is -1.40. The van der Waals surface area contributed by atoms with E-state index in [1.165, 1.54) is 11.1 Å². The normalized spacial score (nSPS) is 16.6. The van der Waals surface area contributed by atoms with Crippen LogP contribution < -0.4 is 10.1 Å². The van der Waals surface area contributed by atoms with E-state index in [2.05, 4.69) is 62.5 Å². The van der Waals surface area contributed by atoms with Gasteiger partial charge in [0.2, 0.25) is 0 Å². The van der Waals surface area contributed by atoms with Crippen molar-refractivity contribution < 1.29 is 9.47 Å². The van der Waals surface area contributed by atoms with Gasteiger partial charge in [0.1, 0.15) is 5.75 Å². The van der Waals surface area contributed by atoms with Crippen molar-refractivity contribution in [3.05, 3.63) is 64.1 Å². The van der Waals surface area contributed by atoms with Gasteiger partial charge in [-0.15, -0.1) is 0 Å². The average Bonchev–Trinajstić information content (AvgIpc) is 2.66. The van der Waals surface area contributed by atoms with Gasteiger partial charge in [0.15, 0.2) is 0 Å². The summed E-state index contributed by atoms with van der Waals surface area (Å²) in [5.41, 5.74) is 2.59. The third kappa shape index (κ3) is 5.28. The lowest BCUT2D eigenvalue weighted by Crippen LogP contribution is -2.42. The molecule has 1 aliphatic rings. The van der Waals surface area contributed by atoms with Crippen LogP contribution in [0.1, 0.15) is 17.2 Å². The molecule has 0 aliphatic carbocycles. The maximum Gasteiger partial charge on any atom is 0.118 e. The molecule has 1 heterocycles. The van der Waals surface area contributed by atoms with E-state index in [4.69, 9.17) is 9.47 Å². The van der Waals surface area contributed by atoms with Gasteiger partial charge in [0.05, 0.1) is 20.3 Å². The maximum atomic E-state index is 5.52. The number of halogens is 1. The lowest BCUT2D eigenvalue weighted by Gasteiger charge is -2.35. The van der Waals surface area contributed by atoms with E-state index in [9.17, 15) is 0 Å². The van der Waals surface area contributed by atoms with Gasteiger partial charge in [-0.1, -0.05) is 40.2 Å². The van der Waals surface area contributed by atoms with Crippen LogP contribution in [0.4, 0.5) is 0 Å². The summed E-state index contributed by atoms with van der Waals surface area (Å²) in [4.78, 5) is 2.50. The summed E-state index contributed by atoms with van der Waals surface area (Å²) in [7, 11) is 1.70. The van der Waals surface area contributed by atoms with Crippen molar-refractivity contribution in [2.75, 3.05) is 40.0 Å². The Morgan fingerprint density at radius 3 is 2.60 bits per heavy atom. The Bertz CT molecular complexity index is 657. The SMILES string of the molecule is COc1ccc(C(CNCc2cccc(Br)c2)N2CCOCC2)cc1. The van der Waals surface area contributed by atoms with Crippen molar-refractivity contribution in [2.45, 2.75) is 12.6 Å². The Labute approximate surface area is 158 Å². The molecular formula is C20H25BrN2O2. The smallest absolute Gasteiger partial charge is 0.118 e. The Balaban J connectivity index is 1.67. The lowest BCUT2D eigenvalue weighted by atomic mass is 10.0. The molecule has 5 heteroatoms. The summed E-state index contributed by atoms with van der Waals surface area (Å²) in [5.74, 6) is 0.895. The highest BCUT2D eigenvalue weighted by Gasteiger charge is 2.22. The van der Waals surface area contributed by atoms with Crippen LogP contribution in [0.3, 0.4) is 0 Å². The quantitative estimate of drug-likeness (QED) is 0.763. The molecule has 134 valence electrons. The molecule has 0 spiro atoms. The standard InChI is InChI=1S/C20H25BrN2O2/c1-24-19-7-5-17(6-8-19)20(23-9-11-25-12-10-23)15-22-14-16-3-2-4-18(21)13-16/h2-8,13,20,22H,9-12,14-15H2,1H3. The van der Waals surface area contributed by atoms with Crippen LogP contribution in [0.2, 0.25) is 0 Å². The van der Waals surface area contributed by atoms with Crippen molar-refractivity contribution in [1.29, 1.82) is 0 Å². The molecule has 1 saturated heterocycles. The predicted molar refractivity (Wildman–Crippen MR) is 104 cm³/mol. The molecule has 4 nitrogen and oxygen atoms in total. The molecule has 0 saturated carbocycles. The minimum Gasteiger partial charge on any atom is -0.497 e. The summed E-state index contributed by atoms with van der Waals surface area (Å²) < 4.78 is 11.9. The second-order valence-electron chi connectivity index (χ2n) is 6.20. The van der Waals surface area contributed by atoms with Crippen LogP contribution in [0.5, 0.6) is 5.75 Å². The summed E-state index contributed by atoms with van der Waals surface area (Å²) in [5, 5.41) is 3.62. The summed E-state index contributed by atoms with van der Waals surface area (Å²) in [6.45, 7) is 5.30. The molecule has 2 aromatic rings. The number of hydrogen-bond acceptors (Lipinski definition) is 4. The molecule has 1 unspecified atom stereocenters. The molecule has 0 bridgehead atoms. The fourth-order valence-electron chi connectivity index (χ4n) is 3.17. The van der Waals surface area contributed by atoms with Crippen molar-refractivity contribution in [3.63, 3.8) is 0 Å². The number of rotatable bonds is 7. The van der Waals surface area contributed by atoms with Gasteiger partial charge in [0, 0.05) is 36.7 Å². The monoisotopic (exact) mass is 404 g/mol. The first kappa shape index (κ1) is 18.4. The predicted octanol–water partition coefficient (Wildman–Crippen LogP) is 3.62. The highest BCUT2D eigenvalue weighted by Crippen LogP contribution is 2.24. The van der Waals surface area contributed by atoms with Gasteiger partial charge in [-0.25, -0.2) is 0 Å². The van der Waals surface area contributed by atoms with Gasteiger partial charge in [-0.2, -0.15) is 0 Å². The number of hydrogen-bond donors (Lipinski definition) is 1. The number of morpholine rings is 1. The molecule has 1 atom stereocenters. The fourth-order valence-corrected chi connectivity index (χ4v) is 3.62. The highest BCUT2D eigenvalue weighted by atomic mass is 79.9. The van der Waals surface area contributed by atoms with Gasteiger partial charge in [-0.3, -0.25) is 4.90 Å². The van der Waals surface area contributed by atoms with Crippen LogP contribution in [0, 0.1) is 0 Å². The minimum absolute atomic E-state index is 0.335. The van der Waals surface area contributed by atoms with Gasteiger partial charge >= 0.3 is 0 Å². The Kier molecular flexibility index (Phi) is 6.87. The molecule has 1 fully saturated rings. The highest BCUT2D eigenvalue weighted by molar-refractivity contribution is 9.10. The van der Waals surface area contributed by atoms with E-state index in [0.29, 0.717) is 6.04 Å². The first-order valence-electron chi connectivity index (χ1n) is 8.67. The summed E-state index contributed by atoms with van der Waals surface area (Å²) >= 11 is 3.53. The van der Waals surface area contributed by atoms with Crippen molar-refractivity contribution in [3.8, 4) is 5.75 Å². The molecular weight excluding hydrogens is 380 g/mol. The van der Waals surface area contributed by atoms with Crippen molar-refractivity contribution >= 4 is 15.9 Å². The molecule has 3 rings (SSSR count). The Morgan fingerprint density at radius 2 is 1.92 bits per heavy atom.